The van der Waals surface area contributed by atoms with Crippen LogP contribution in [0.4, 0.5) is 0 Å². The normalized spacial score (nSPS) is 29.3. The third kappa shape index (κ3) is 2.18. The van der Waals surface area contributed by atoms with Crippen LogP contribution in [0.2, 0.25) is 0 Å². The summed E-state index contributed by atoms with van der Waals surface area (Å²) in [4.78, 5) is 4.47. The summed E-state index contributed by atoms with van der Waals surface area (Å²) in [5, 5.41) is 10.9. The van der Waals surface area contributed by atoms with Crippen LogP contribution >= 0.6 is 0 Å². The average Bonchev–Trinajstić information content (AvgIpc) is 3.22. The highest BCUT2D eigenvalue weighted by Gasteiger charge is 2.58. The van der Waals surface area contributed by atoms with Crippen LogP contribution in [0.5, 0.6) is 0 Å². The van der Waals surface area contributed by atoms with Crippen LogP contribution in [0.3, 0.4) is 0 Å². The summed E-state index contributed by atoms with van der Waals surface area (Å²) in [5.41, 5.74) is 0.224. The smallest absolute Gasteiger partial charge is 0.216 e. The number of aromatic nitrogens is 3. The highest BCUT2D eigenvalue weighted by molar-refractivity contribution is 5.45. The van der Waals surface area contributed by atoms with Crippen molar-refractivity contribution in [3.63, 3.8) is 0 Å². The van der Waals surface area contributed by atoms with Crippen molar-refractivity contribution >= 4 is 0 Å². The van der Waals surface area contributed by atoms with Crippen LogP contribution in [-0.2, 0) is 11.2 Å². The molecule has 3 heterocycles. The lowest BCUT2D eigenvalue weighted by atomic mass is 9.57. The lowest BCUT2D eigenvalue weighted by Gasteiger charge is -2.55. The minimum absolute atomic E-state index is 0.224. The summed E-state index contributed by atoms with van der Waals surface area (Å²) in [6.45, 7) is 6.39. The highest BCUT2D eigenvalue weighted by Crippen LogP contribution is 2.51. The molecule has 3 atom stereocenters. The van der Waals surface area contributed by atoms with Gasteiger partial charge in [0.2, 0.25) is 5.82 Å². The Morgan fingerprint density at radius 3 is 3.18 bits per heavy atom. The number of H-pyrrole nitrogens is 1. The van der Waals surface area contributed by atoms with Crippen molar-refractivity contribution in [1.29, 1.82) is 0 Å². The maximum absolute atomic E-state index is 5.83. The van der Waals surface area contributed by atoms with Crippen LogP contribution in [-0.4, -0.2) is 40.5 Å². The molecule has 0 unspecified atom stereocenters. The molecule has 0 spiro atoms. The van der Waals surface area contributed by atoms with E-state index >= 15 is 0 Å². The molecule has 1 aliphatic heterocycles. The van der Waals surface area contributed by atoms with E-state index in [0.29, 0.717) is 29.6 Å². The van der Waals surface area contributed by atoms with Gasteiger partial charge in [0.1, 0.15) is 5.82 Å². The molecule has 2 N–H and O–H groups in total. The average molecular weight is 302 g/mol. The summed E-state index contributed by atoms with van der Waals surface area (Å²) >= 11 is 0. The van der Waals surface area contributed by atoms with Crippen molar-refractivity contribution in [3.05, 3.63) is 24.2 Å². The van der Waals surface area contributed by atoms with Crippen molar-refractivity contribution < 1.29 is 9.15 Å². The third-order valence-corrected chi connectivity index (χ3v) is 5.10. The zero-order chi connectivity index (χ0) is 15.2. The maximum Gasteiger partial charge on any atom is 0.216 e. The summed E-state index contributed by atoms with van der Waals surface area (Å²) in [5.74, 6) is 2.87. The SMILES string of the molecule is CC1(C)[C@H](NCCc2nc(-c3ccco3)n[nH]2)[C@H]2CCO[C@H]21. The molecule has 0 bridgehead atoms. The molecule has 0 radical (unpaired) electrons. The molecule has 1 saturated heterocycles. The van der Waals surface area contributed by atoms with Gasteiger partial charge in [0.15, 0.2) is 5.76 Å². The molecule has 0 aromatic carbocycles. The first kappa shape index (κ1) is 14.0. The topological polar surface area (TPSA) is 76.0 Å². The fraction of sp³-hybridized carbons (Fsp3) is 0.625. The number of hydrogen-bond acceptors (Lipinski definition) is 5. The van der Waals surface area contributed by atoms with Crippen LogP contribution in [0.1, 0.15) is 26.1 Å². The van der Waals surface area contributed by atoms with Crippen LogP contribution in [0.15, 0.2) is 22.8 Å². The van der Waals surface area contributed by atoms with Gasteiger partial charge >= 0.3 is 0 Å². The largest absolute Gasteiger partial charge is 0.461 e. The van der Waals surface area contributed by atoms with Gasteiger partial charge in [0.05, 0.1) is 12.4 Å². The zero-order valence-electron chi connectivity index (χ0n) is 13.0. The van der Waals surface area contributed by atoms with Crippen LogP contribution < -0.4 is 5.32 Å². The van der Waals surface area contributed by atoms with E-state index in [1.165, 1.54) is 6.42 Å². The molecule has 2 aliphatic rings. The van der Waals surface area contributed by atoms with Crippen molar-refractivity contribution in [2.75, 3.05) is 13.2 Å². The number of aromatic amines is 1. The second kappa shape index (κ2) is 5.21. The van der Waals surface area contributed by atoms with Gasteiger partial charge in [-0.2, -0.15) is 5.10 Å². The molecule has 2 aromatic heterocycles. The summed E-state index contributed by atoms with van der Waals surface area (Å²) in [6.07, 6.45) is 4.07. The Balaban J connectivity index is 1.32. The summed E-state index contributed by atoms with van der Waals surface area (Å²) in [6, 6.07) is 4.24. The molecule has 2 aromatic rings. The molecule has 1 aliphatic carbocycles. The molecule has 22 heavy (non-hydrogen) atoms. The molecule has 2 fully saturated rings. The van der Waals surface area contributed by atoms with Crippen LogP contribution in [0, 0.1) is 11.3 Å². The second-order valence-electron chi connectivity index (χ2n) is 6.83. The Kier molecular flexibility index (Phi) is 3.31. The van der Waals surface area contributed by atoms with E-state index in [0.717, 1.165) is 25.4 Å². The molecular weight excluding hydrogens is 280 g/mol. The van der Waals surface area contributed by atoms with Crippen molar-refractivity contribution in [2.24, 2.45) is 11.3 Å². The van der Waals surface area contributed by atoms with Gasteiger partial charge < -0.3 is 14.5 Å². The van der Waals surface area contributed by atoms with Crippen molar-refractivity contribution in [1.82, 2.24) is 20.5 Å². The molecule has 4 rings (SSSR count). The monoisotopic (exact) mass is 302 g/mol. The molecule has 118 valence electrons. The lowest BCUT2D eigenvalue weighted by Crippen LogP contribution is -2.66. The first-order valence-corrected chi connectivity index (χ1v) is 7.96. The lowest BCUT2D eigenvalue weighted by molar-refractivity contribution is -0.112. The van der Waals surface area contributed by atoms with Gasteiger partial charge in [-0.15, -0.1) is 0 Å². The fourth-order valence-corrected chi connectivity index (χ4v) is 4.01. The Labute approximate surface area is 129 Å². The fourth-order valence-electron chi connectivity index (χ4n) is 4.01. The number of nitrogens with zero attached hydrogens (tertiary/aromatic N) is 2. The zero-order valence-corrected chi connectivity index (χ0v) is 13.0. The highest BCUT2D eigenvalue weighted by atomic mass is 16.5. The summed E-state index contributed by atoms with van der Waals surface area (Å²) in [7, 11) is 0. The summed E-state index contributed by atoms with van der Waals surface area (Å²) < 4.78 is 11.1. The molecule has 0 amide bonds. The van der Waals surface area contributed by atoms with E-state index in [9.17, 15) is 0 Å². The number of nitrogens with one attached hydrogen (secondary N) is 2. The van der Waals surface area contributed by atoms with Crippen molar-refractivity contribution in [3.8, 4) is 11.6 Å². The minimum atomic E-state index is 0.224. The van der Waals surface area contributed by atoms with E-state index in [1.807, 2.05) is 12.1 Å². The molecule has 6 nitrogen and oxygen atoms in total. The number of fused-ring (bicyclic) bond motifs is 1. The Bertz CT molecular complexity index is 634. The Hall–Kier alpha value is -1.66. The second-order valence-corrected chi connectivity index (χ2v) is 6.83. The van der Waals surface area contributed by atoms with Gasteiger partial charge in [-0.25, -0.2) is 4.98 Å². The predicted octanol–water partition coefficient (Wildman–Crippen LogP) is 2.01. The van der Waals surface area contributed by atoms with E-state index in [2.05, 4.69) is 34.3 Å². The van der Waals surface area contributed by atoms with Crippen molar-refractivity contribution in [2.45, 2.75) is 38.8 Å². The first-order chi connectivity index (χ1) is 10.7. The van der Waals surface area contributed by atoms with E-state index in [4.69, 9.17) is 9.15 Å². The Morgan fingerprint density at radius 2 is 2.36 bits per heavy atom. The minimum Gasteiger partial charge on any atom is -0.461 e. The van der Waals surface area contributed by atoms with Gasteiger partial charge in [-0.1, -0.05) is 13.8 Å². The molecule has 6 heteroatoms. The number of rotatable bonds is 5. The first-order valence-electron chi connectivity index (χ1n) is 7.96. The predicted molar refractivity (Wildman–Crippen MR) is 81.2 cm³/mol. The quantitative estimate of drug-likeness (QED) is 0.883. The van der Waals surface area contributed by atoms with Gasteiger partial charge in [-0.05, 0) is 18.6 Å². The Morgan fingerprint density at radius 1 is 1.45 bits per heavy atom. The number of furan rings is 1. The van der Waals surface area contributed by atoms with Gasteiger partial charge in [0.25, 0.3) is 0 Å². The number of hydrogen-bond donors (Lipinski definition) is 2. The van der Waals surface area contributed by atoms with E-state index in [-0.39, 0.29) is 5.41 Å². The standard InChI is InChI=1S/C16H22N4O2/c1-16(2)13(10-6-9-22-14(10)16)17-7-5-12-18-15(20-19-12)11-4-3-8-21-11/h3-4,8,10,13-14,17H,5-7,9H2,1-2H3,(H,18,19,20)/t10-,13-,14-/m1/s1. The number of ether oxygens (including phenoxy) is 1. The van der Waals surface area contributed by atoms with Gasteiger partial charge in [0, 0.05) is 36.9 Å². The molecule has 1 saturated carbocycles. The van der Waals surface area contributed by atoms with Crippen LogP contribution in [0.25, 0.3) is 11.6 Å². The maximum atomic E-state index is 5.83. The third-order valence-electron chi connectivity index (χ3n) is 5.10. The van der Waals surface area contributed by atoms with Gasteiger partial charge in [-0.3, -0.25) is 5.10 Å². The van der Waals surface area contributed by atoms with E-state index < -0.39 is 0 Å². The molecular formula is C16H22N4O2. The van der Waals surface area contributed by atoms with E-state index in [1.54, 1.807) is 6.26 Å².